The zero-order valence-electron chi connectivity index (χ0n) is 11.1. The Bertz CT molecular complexity index is 689. The number of hydrogen-bond donors (Lipinski definition) is 2. The topological polar surface area (TPSA) is 92.7 Å². The van der Waals surface area contributed by atoms with Crippen molar-refractivity contribution in [3.05, 3.63) is 45.6 Å². The van der Waals surface area contributed by atoms with Crippen LogP contribution in [0.2, 0.25) is 0 Å². The van der Waals surface area contributed by atoms with Crippen molar-refractivity contribution in [3.8, 4) is 0 Å². The van der Waals surface area contributed by atoms with Gasteiger partial charge in [-0.25, -0.2) is 4.68 Å². The van der Waals surface area contributed by atoms with Crippen LogP contribution in [0, 0.1) is 0 Å². The van der Waals surface area contributed by atoms with Gasteiger partial charge in [-0.05, 0) is 30.9 Å². The van der Waals surface area contributed by atoms with E-state index in [4.69, 9.17) is 0 Å². The summed E-state index contributed by atoms with van der Waals surface area (Å²) in [5.41, 5.74) is 2.19. The number of nitrogens with zero attached hydrogens (tertiary/aromatic N) is 3. The molecule has 2 heterocycles. The summed E-state index contributed by atoms with van der Waals surface area (Å²) in [6, 6.07) is 3.26. The largest absolute Gasteiger partial charge is 0.348 e. The molecule has 0 saturated heterocycles. The van der Waals surface area contributed by atoms with Crippen LogP contribution in [0.1, 0.15) is 28.2 Å². The van der Waals surface area contributed by atoms with Gasteiger partial charge in [0.25, 0.3) is 11.5 Å². The van der Waals surface area contributed by atoms with E-state index in [9.17, 15) is 9.59 Å². The van der Waals surface area contributed by atoms with Crippen LogP contribution < -0.4 is 10.9 Å². The third kappa shape index (κ3) is 2.34. The molecule has 7 nitrogen and oxygen atoms in total. The minimum Gasteiger partial charge on any atom is -0.348 e. The highest BCUT2D eigenvalue weighted by atomic mass is 16.2. The molecule has 0 saturated carbocycles. The summed E-state index contributed by atoms with van der Waals surface area (Å²) in [7, 11) is 1.65. The Hall–Kier alpha value is -2.44. The van der Waals surface area contributed by atoms with Crippen LogP contribution in [-0.2, 0) is 19.9 Å². The van der Waals surface area contributed by atoms with E-state index in [-0.39, 0.29) is 17.5 Å². The number of nitrogens with one attached hydrogen (secondary N) is 2. The second-order valence-electron chi connectivity index (χ2n) is 4.96. The predicted octanol–water partition coefficient (Wildman–Crippen LogP) is -0.209. The maximum atomic E-state index is 11.9. The summed E-state index contributed by atoms with van der Waals surface area (Å²) >= 11 is 0. The molecule has 0 spiro atoms. The fourth-order valence-electron chi connectivity index (χ4n) is 2.45. The van der Waals surface area contributed by atoms with E-state index in [1.807, 2.05) is 0 Å². The molecule has 2 N–H and O–H groups in total. The number of aromatic nitrogens is 4. The molecule has 1 unspecified atom stereocenters. The SMILES string of the molecule is Cn1nc2c(cc1=O)CC(NC(=O)c1ccn[nH]1)CC2. The molecule has 20 heavy (non-hydrogen) atoms. The fraction of sp³-hybridized carbons (Fsp3) is 0.385. The molecule has 1 aliphatic carbocycles. The molecule has 0 aromatic carbocycles. The highest BCUT2D eigenvalue weighted by Crippen LogP contribution is 2.18. The standard InChI is InChI=1S/C13H15N5O2/c1-18-12(19)7-8-6-9(2-3-10(8)17-18)15-13(20)11-4-5-14-16-11/h4-5,7,9H,2-3,6H2,1H3,(H,14,16)(H,15,20). The molecule has 1 aliphatic rings. The van der Waals surface area contributed by atoms with Crippen molar-refractivity contribution >= 4 is 5.91 Å². The van der Waals surface area contributed by atoms with Gasteiger partial charge in [0, 0.05) is 25.4 Å². The summed E-state index contributed by atoms with van der Waals surface area (Å²) in [6.07, 6.45) is 3.76. The lowest BCUT2D eigenvalue weighted by Crippen LogP contribution is -2.40. The monoisotopic (exact) mass is 273 g/mol. The van der Waals surface area contributed by atoms with E-state index in [1.54, 1.807) is 25.4 Å². The van der Waals surface area contributed by atoms with Crippen LogP contribution in [0.3, 0.4) is 0 Å². The van der Waals surface area contributed by atoms with Gasteiger partial charge >= 0.3 is 0 Å². The Morgan fingerprint density at radius 3 is 3.15 bits per heavy atom. The van der Waals surface area contributed by atoms with Gasteiger partial charge in [-0.3, -0.25) is 14.7 Å². The molecule has 104 valence electrons. The Kier molecular flexibility index (Phi) is 3.09. The minimum absolute atomic E-state index is 0.0206. The van der Waals surface area contributed by atoms with Gasteiger partial charge in [0.1, 0.15) is 5.69 Å². The summed E-state index contributed by atoms with van der Waals surface area (Å²) < 4.78 is 1.35. The molecule has 2 aromatic rings. The zero-order valence-corrected chi connectivity index (χ0v) is 11.1. The van der Waals surface area contributed by atoms with Crippen LogP contribution in [0.4, 0.5) is 0 Å². The Morgan fingerprint density at radius 2 is 2.40 bits per heavy atom. The van der Waals surface area contributed by atoms with E-state index in [0.29, 0.717) is 12.1 Å². The van der Waals surface area contributed by atoms with Crippen molar-refractivity contribution < 1.29 is 4.79 Å². The lowest BCUT2D eigenvalue weighted by molar-refractivity contribution is 0.0928. The molecule has 3 rings (SSSR count). The van der Waals surface area contributed by atoms with Gasteiger partial charge in [0.15, 0.2) is 0 Å². The maximum Gasteiger partial charge on any atom is 0.269 e. The summed E-state index contributed by atoms with van der Waals surface area (Å²) in [4.78, 5) is 23.5. The molecule has 0 bridgehead atoms. The van der Waals surface area contributed by atoms with Crippen molar-refractivity contribution in [1.82, 2.24) is 25.3 Å². The maximum absolute atomic E-state index is 11.9. The first-order valence-electron chi connectivity index (χ1n) is 6.50. The number of rotatable bonds is 2. The van der Waals surface area contributed by atoms with E-state index in [1.165, 1.54) is 4.68 Å². The number of hydrogen-bond acceptors (Lipinski definition) is 4. The molecule has 0 radical (unpaired) electrons. The highest BCUT2D eigenvalue weighted by molar-refractivity contribution is 5.92. The summed E-state index contributed by atoms with van der Waals surface area (Å²) in [5.74, 6) is -0.173. The van der Waals surface area contributed by atoms with Crippen molar-refractivity contribution in [2.45, 2.75) is 25.3 Å². The van der Waals surface area contributed by atoms with Crippen LogP contribution in [0.25, 0.3) is 0 Å². The molecule has 0 aliphatic heterocycles. The van der Waals surface area contributed by atoms with Gasteiger partial charge < -0.3 is 5.32 Å². The second kappa shape index (κ2) is 4.92. The van der Waals surface area contributed by atoms with Gasteiger partial charge in [-0.1, -0.05) is 0 Å². The van der Waals surface area contributed by atoms with Gasteiger partial charge in [0.05, 0.1) is 5.69 Å². The highest BCUT2D eigenvalue weighted by Gasteiger charge is 2.22. The quantitative estimate of drug-likeness (QED) is 0.792. The summed E-state index contributed by atoms with van der Waals surface area (Å²) in [5, 5.41) is 13.6. The summed E-state index contributed by atoms with van der Waals surface area (Å²) in [6.45, 7) is 0. The molecular formula is C13H15N5O2. The zero-order chi connectivity index (χ0) is 14.1. The van der Waals surface area contributed by atoms with Crippen molar-refractivity contribution in [3.63, 3.8) is 0 Å². The number of aryl methyl sites for hydroxylation is 2. The lowest BCUT2D eigenvalue weighted by Gasteiger charge is -2.24. The fourth-order valence-corrected chi connectivity index (χ4v) is 2.45. The van der Waals surface area contributed by atoms with Crippen LogP contribution in [0.5, 0.6) is 0 Å². The van der Waals surface area contributed by atoms with E-state index >= 15 is 0 Å². The number of H-pyrrole nitrogens is 1. The van der Waals surface area contributed by atoms with Gasteiger partial charge in [0.2, 0.25) is 0 Å². The number of aromatic amines is 1. The third-order valence-corrected chi connectivity index (χ3v) is 3.53. The molecular weight excluding hydrogens is 258 g/mol. The van der Waals surface area contributed by atoms with E-state index in [2.05, 4.69) is 20.6 Å². The van der Waals surface area contributed by atoms with Crippen molar-refractivity contribution in [2.75, 3.05) is 0 Å². The third-order valence-electron chi connectivity index (χ3n) is 3.53. The average molecular weight is 273 g/mol. The van der Waals surface area contributed by atoms with Crippen LogP contribution in [0.15, 0.2) is 23.1 Å². The van der Waals surface area contributed by atoms with Crippen LogP contribution in [-0.4, -0.2) is 31.9 Å². The Balaban J connectivity index is 1.74. The number of carbonyl (C=O) groups is 1. The van der Waals surface area contributed by atoms with Gasteiger partial charge in [-0.2, -0.15) is 10.2 Å². The molecule has 7 heteroatoms. The van der Waals surface area contributed by atoms with Gasteiger partial charge in [-0.15, -0.1) is 0 Å². The Morgan fingerprint density at radius 1 is 1.55 bits per heavy atom. The van der Waals surface area contributed by atoms with E-state index < -0.39 is 0 Å². The van der Waals surface area contributed by atoms with Crippen LogP contribution >= 0.6 is 0 Å². The number of carbonyl (C=O) groups excluding carboxylic acids is 1. The molecule has 1 atom stereocenters. The second-order valence-corrected chi connectivity index (χ2v) is 4.96. The minimum atomic E-state index is -0.173. The number of amides is 1. The average Bonchev–Trinajstić information content (AvgIpc) is 2.94. The number of fused-ring (bicyclic) bond motifs is 1. The van der Waals surface area contributed by atoms with Crippen molar-refractivity contribution in [2.24, 2.45) is 7.05 Å². The Labute approximate surface area is 115 Å². The molecule has 2 aromatic heterocycles. The molecule has 0 fully saturated rings. The predicted molar refractivity (Wildman–Crippen MR) is 71.3 cm³/mol. The first-order valence-corrected chi connectivity index (χ1v) is 6.50. The smallest absolute Gasteiger partial charge is 0.269 e. The lowest BCUT2D eigenvalue weighted by atomic mass is 9.92. The molecule has 1 amide bonds. The normalized spacial score (nSPS) is 17.6. The van der Waals surface area contributed by atoms with Crippen molar-refractivity contribution in [1.29, 1.82) is 0 Å². The van der Waals surface area contributed by atoms with E-state index in [0.717, 1.165) is 24.1 Å². The first kappa shape index (κ1) is 12.6. The first-order chi connectivity index (χ1) is 9.63.